The van der Waals surface area contributed by atoms with Crippen LogP contribution < -0.4 is 9.64 Å². The van der Waals surface area contributed by atoms with Crippen molar-refractivity contribution in [3.8, 4) is 5.75 Å². The molecule has 0 spiro atoms. The monoisotopic (exact) mass is 400 g/mol. The summed E-state index contributed by atoms with van der Waals surface area (Å²) in [5.74, 6) is 0.0160. The van der Waals surface area contributed by atoms with E-state index in [0.29, 0.717) is 28.7 Å². The number of carbonyl (C=O) groups excluding carboxylic acids is 1. The predicted molar refractivity (Wildman–Crippen MR) is 108 cm³/mol. The van der Waals surface area contributed by atoms with Gasteiger partial charge in [-0.05, 0) is 44.0 Å². The zero-order valence-corrected chi connectivity index (χ0v) is 16.4. The van der Waals surface area contributed by atoms with Crippen molar-refractivity contribution in [1.29, 1.82) is 0 Å². The summed E-state index contributed by atoms with van der Waals surface area (Å²) >= 11 is 1.30. The predicted octanol–water partition coefficient (Wildman–Crippen LogP) is 4.33. The van der Waals surface area contributed by atoms with Crippen LogP contribution in [-0.4, -0.2) is 36.8 Å². The normalized spacial score (nSPS) is 16.4. The number of aromatic nitrogens is 1. The summed E-state index contributed by atoms with van der Waals surface area (Å²) in [5, 5.41) is 0.466. The highest BCUT2D eigenvalue weighted by Crippen LogP contribution is 2.31. The van der Waals surface area contributed by atoms with Crippen molar-refractivity contribution in [2.45, 2.75) is 25.9 Å². The molecule has 0 saturated carbocycles. The summed E-state index contributed by atoms with van der Waals surface area (Å²) in [6.45, 7) is 2.96. The molecule has 2 heterocycles. The first kappa shape index (κ1) is 18.8. The number of halogens is 1. The van der Waals surface area contributed by atoms with E-state index in [0.717, 1.165) is 18.4 Å². The molecule has 0 N–H and O–H groups in total. The molecule has 1 unspecified atom stereocenters. The Kier molecular flexibility index (Phi) is 5.54. The Morgan fingerprint density at radius 3 is 2.86 bits per heavy atom. The van der Waals surface area contributed by atoms with Gasteiger partial charge in [-0.3, -0.25) is 9.69 Å². The van der Waals surface area contributed by atoms with Crippen molar-refractivity contribution < 1.29 is 18.7 Å². The fraction of sp³-hybridized carbons (Fsp3) is 0.333. The molecule has 3 aromatic rings. The highest BCUT2D eigenvalue weighted by atomic mass is 32.1. The summed E-state index contributed by atoms with van der Waals surface area (Å²) < 4.78 is 26.1. The molecule has 0 aliphatic carbocycles. The maximum absolute atomic E-state index is 14.1. The zero-order chi connectivity index (χ0) is 19.5. The lowest BCUT2D eigenvalue weighted by atomic mass is 10.2. The van der Waals surface area contributed by atoms with Gasteiger partial charge >= 0.3 is 0 Å². The Bertz CT molecular complexity index is 967. The molecule has 28 heavy (non-hydrogen) atoms. The Morgan fingerprint density at radius 2 is 2.14 bits per heavy atom. The molecular weight excluding hydrogens is 379 g/mol. The van der Waals surface area contributed by atoms with Crippen LogP contribution in [0.5, 0.6) is 5.75 Å². The van der Waals surface area contributed by atoms with Crippen molar-refractivity contribution in [3.63, 3.8) is 0 Å². The third-order valence-electron chi connectivity index (χ3n) is 4.68. The van der Waals surface area contributed by atoms with Crippen LogP contribution >= 0.6 is 11.3 Å². The van der Waals surface area contributed by atoms with Gasteiger partial charge in [0.25, 0.3) is 5.91 Å². The molecule has 5 nitrogen and oxygen atoms in total. The van der Waals surface area contributed by atoms with Crippen LogP contribution in [0, 0.1) is 12.7 Å². The summed E-state index contributed by atoms with van der Waals surface area (Å²) in [4.78, 5) is 18.9. The molecule has 7 heteroatoms. The minimum atomic E-state index is -0.388. The van der Waals surface area contributed by atoms with E-state index in [9.17, 15) is 9.18 Å². The minimum Gasteiger partial charge on any atom is -0.484 e. The first-order valence-corrected chi connectivity index (χ1v) is 10.1. The van der Waals surface area contributed by atoms with E-state index >= 15 is 0 Å². The zero-order valence-electron chi connectivity index (χ0n) is 15.6. The largest absolute Gasteiger partial charge is 0.484 e. The Labute approximate surface area is 166 Å². The Hall–Kier alpha value is -2.51. The first-order chi connectivity index (χ1) is 13.6. The minimum absolute atomic E-state index is 0.0415. The molecule has 1 aromatic heterocycles. The molecule has 0 bridgehead atoms. The van der Waals surface area contributed by atoms with E-state index < -0.39 is 0 Å². The number of anilines is 1. The van der Waals surface area contributed by atoms with Crippen molar-refractivity contribution in [2.24, 2.45) is 0 Å². The van der Waals surface area contributed by atoms with Gasteiger partial charge in [0.2, 0.25) is 0 Å². The number of para-hydroxylation sites is 1. The van der Waals surface area contributed by atoms with E-state index in [-0.39, 0.29) is 30.0 Å². The lowest BCUT2D eigenvalue weighted by Gasteiger charge is -2.23. The number of aryl methyl sites for hydroxylation is 1. The van der Waals surface area contributed by atoms with Crippen LogP contribution in [0.3, 0.4) is 0 Å². The van der Waals surface area contributed by atoms with Gasteiger partial charge in [0.05, 0.1) is 17.3 Å². The van der Waals surface area contributed by atoms with Crippen LogP contribution in [0.25, 0.3) is 10.2 Å². The first-order valence-electron chi connectivity index (χ1n) is 9.26. The van der Waals surface area contributed by atoms with Crippen molar-refractivity contribution in [1.82, 2.24) is 4.98 Å². The van der Waals surface area contributed by atoms with E-state index in [2.05, 4.69) is 4.98 Å². The summed E-state index contributed by atoms with van der Waals surface area (Å²) in [6, 6.07) is 12.3. The third-order valence-corrected chi connectivity index (χ3v) is 5.73. The smallest absolute Gasteiger partial charge is 0.266 e. The number of rotatable bonds is 6. The molecule has 1 fully saturated rings. The average Bonchev–Trinajstić information content (AvgIpc) is 3.35. The maximum atomic E-state index is 14.1. The van der Waals surface area contributed by atoms with Gasteiger partial charge < -0.3 is 9.47 Å². The molecule has 1 aliphatic heterocycles. The van der Waals surface area contributed by atoms with Crippen molar-refractivity contribution in [3.05, 3.63) is 53.8 Å². The number of fused-ring (bicyclic) bond motifs is 1. The van der Waals surface area contributed by atoms with Gasteiger partial charge in [0.15, 0.2) is 11.7 Å². The molecule has 1 saturated heterocycles. The number of thiazole rings is 1. The van der Waals surface area contributed by atoms with Gasteiger partial charge in [-0.2, -0.15) is 0 Å². The Balaban J connectivity index is 1.55. The second-order valence-electron chi connectivity index (χ2n) is 6.82. The van der Waals surface area contributed by atoms with Gasteiger partial charge in [0, 0.05) is 6.61 Å². The fourth-order valence-corrected chi connectivity index (χ4v) is 4.16. The lowest BCUT2D eigenvalue weighted by Crippen LogP contribution is -2.40. The standard InChI is InChI=1S/C21H21FN2O3S/c1-14-7-9-15(10-8-14)27-13-19(25)24(12-16-4-3-11-26-16)21-23-20-17(22)5-2-6-18(20)28-21/h2,5-10,16H,3-4,11-13H2,1H3. The van der Waals surface area contributed by atoms with Gasteiger partial charge in [-0.1, -0.05) is 35.1 Å². The van der Waals surface area contributed by atoms with E-state index in [1.807, 2.05) is 31.2 Å². The van der Waals surface area contributed by atoms with E-state index in [1.54, 1.807) is 17.0 Å². The quantitative estimate of drug-likeness (QED) is 0.618. The number of nitrogens with zero attached hydrogens (tertiary/aromatic N) is 2. The highest BCUT2D eigenvalue weighted by molar-refractivity contribution is 7.22. The molecule has 4 rings (SSSR count). The van der Waals surface area contributed by atoms with Crippen LogP contribution in [0.1, 0.15) is 18.4 Å². The summed E-state index contributed by atoms with van der Waals surface area (Å²) in [6.07, 6.45) is 1.82. The number of hydrogen-bond acceptors (Lipinski definition) is 5. The van der Waals surface area contributed by atoms with Crippen LogP contribution in [0.4, 0.5) is 9.52 Å². The topological polar surface area (TPSA) is 51.7 Å². The highest BCUT2D eigenvalue weighted by Gasteiger charge is 2.27. The number of carbonyl (C=O) groups is 1. The number of benzene rings is 2. The maximum Gasteiger partial charge on any atom is 0.266 e. The third kappa shape index (κ3) is 4.15. The molecule has 1 aliphatic rings. The van der Waals surface area contributed by atoms with Gasteiger partial charge in [0.1, 0.15) is 17.1 Å². The molecular formula is C21H21FN2O3S. The second-order valence-corrected chi connectivity index (χ2v) is 7.83. The number of amides is 1. The lowest BCUT2D eigenvalue weighted by molar-refractivity contribution is -0.120. The second kappa shape index (κ2) is 8.24. The Morgan fingerprint density at radius 1 is 1.32 bits per heavy atom. The van der Waals surface area contributed by atoms with Crippen molar-refractivity contribution >= 4 is 32.6 Å². The van der Waals surface area contributed by atoms with Gasteiger partial charge in [-0.15, -0.1) is 0 Å². The average molecular weight is 400 g/mol. The molecule has 146 valence electrons. The fourth-order valence-electron chi connectivity index (χ4n) is 3.15. The van der Waals surface area contributed by atoms with Crippen LogP contribution in [-0.2, 0) is 9.53 Å². The van der Waals surface area contributed by atoms with E-state index in [4.69, 9.17) is 9.47 Å². The van der Waals surface area contributed by atoms with Gasteiger partial charge in [-0.25, -0.2) is 9.37 Å². The molecule has 0 radical (unpaired) electrons. The summed E-state index contributed by atoms with van der Waals surface area (Å²) in [7, 11) is 0. The van der Waals surface area contributed by atoms with Crippen molar-refractivity contribution in [2.75, 3.05) is 24.7 Å². The summed E-state index contributed by atoms with van der Waals surface area (Å²) in [5.41, 5.74) is 1.40. The van der Waals surface area contributed by atoms with Crippen LogP contribution in [0.15, 0.2) is 42.5 Å². The number of hydrogen-bond donors (Lipinski definition) is 0. The van der Waals surface area contributed by atoms with E-state index in [1.165, 1.54) is 17.4 Å². The molecule has 2 aromatic carbocycles. The molecule has 1 amide bonds. The SMILES string of the molecule is Cc1ccc(OCC(=O)N(CC2CCCO2)c2nc3c(F)cccc3s2)cc1. The molecule has 1 atom stereocenters. The van der Waals surface area contributed by atoms with Crippen LogP contribution in [0.2, 0.25) is 0 Å². The number of ether oxygens (including phenoxy) is 2.